The lowest BCUT2D eigenvalue weighted by atomic mass is 9.81. The van der Waals surface area contributed by atoms with Crippen LogP contribution in [-0.2, 0) is 50.9 Å². The first-order valence-electron chi connectivity index (χ1n) is 27.2. The topological polar surface area (TPSA) is 122 Å². The summed E-state index contributed by atoms with van der Waals surface area (Å²) in [6.45, 7) is 33.3. The summed E-state index contributed by atoms with van der Waals surface area (Å²) in [5, 5.41) is 11.1. The SMILES string of the molecule is C=CCC(O)CC1[C@H](CC2OC(CC[C@@H]3OC(CC[C@@]45C[C@H]6O[C@H]7C(O4)C(O[Si](CC)(CC)CC)[C@H](CC=C)O[C@H]7C6O5)CC3=C)CC(C)C2=C)O[C@H](CC(CO[Si](CC)(CC)CC)OS)[C@@H]1OC. The van der Waals surface area contributed by atoms with Crippen molar-refractivity contribution in [2.75, 3.05) is 13.7 Å². The predicted octanol–water partition coefficient (Wildman–Crippen LogP) is 10.8. The van der Waals surface area contributed by atoms with E-state index in [1.54, 1.807) is 13.2 Å². The Balaban J connectivity index is 0.956. The molecule has 15 heteroatoms. The average molecular weight is 1020 g/mol. The second-order valence-electron chi connectivity index (χ2n) is 21.8. The molecule has 0 aromatic heterocycles. The van der Waals surface area contributed by atoms with Gasteiger partial charge in [-0.1, -0.05) is 73.8 Å². The number of aliphatic hydroxyl groups excluding tert-OH is 1. The Morgan fingerprint density at radius 2 is 1.45 bits per heavy atom. The molecule has 8 fully saturated rings. The summed E-state index contributed by atoms with van der Waals surface area (Å²) < 4.78 is 74.2. The van der Waals surface area contributed by atoms with Crippen LogP contribution in [0.1, 0.15) is 126 Å². The normalized spacial score (nSPS) is 39.6. The average Bonchev–Trinajstić information content (AvgIpc) is 4.03. The third-order valence-corrected chi connectivity index (χ3v) is 27.6. The summed E-state index contributed by atoms with van der Waals surface area (Å²) in [6, 6.07) is 6.34. The van der Waals surface area contributed by atoms with E-state index >= 15 is 0 Å². The number of ether oxygens (including phenoxy) is 8. The van der Waals surface area contributed by atoms with E-state index in [1.807, 2.05) is 6.08 Å². The van der Waals surface area contributed by atoms with Crippen molar-refractivity contribution in [1.82, 2.24) is 0 Å². The summed E-state index contributed by atoms with van der Waals surface area (Å²) >= 11 is 4.30. The zero-order valence-corrected chi connectivity index (χ0v) is 46.6. The number of methoxy groups -OCH3 is 1. The fourth-order valence-corrected chi connectivity index (χ4v) is 18.9. The van der Waals surface area contributed by atoms with Gasteiger partial charge in [-0.15, -0.1) is 13.2 Å². The first kappa shape index (κ1) is 56.0. The van der Waals surface area contributed by atoms with Gasteiger partial charge >= 0.3 is 0 Å². The summed E-state index contributed by atoms with van der Waals surface area (Å²) in [5.41, 5.74) is 2.23. The molecule has 8 aliphatic rings. The second kappa shape index (κ2) is 24.7. The van der Waals surface area contributed by atoms with E-state index in [2.05, 4.69) is 87.7 Å². The maximum Gasteiger partial charge on any atom is 0.192 e. The van der Waals surface area contributed by atoms with Crippen molar-refractivity contribution < 1.29 is 56.0 Å². The standard InChI is InChI=1S/C54H92O12SSi2/c1-13-21-37(55)29-41-45(60-46(48(41)56-12)30-40(65-67)33-57-68(15-3,16-4)17-5)31-44-36(11)34(9)27-38(59-44)23-24-42-35(10)28-39(58-42)25-26-54-32-47-49(63-54)51-52(62-47)53(64-54)50(43(61-51)22-14-2)66-69(18-6,19-7)20-8/h13-14,34,37-53,55,67H,1-2,10-11,15-33H2,3-9,12H3/t34?,37?,38?,39?,40?,41?,42-,43-,44?,45-,46+,47+,48+,49?,50?,51-,52+,53?,54-/m0/s1. The van der Waals surface area contributed by atoms with E-state index in [9.17, 15) is 5.11 Å². The van der Waals surface area contributed by atoms with E-state index < -0.39 is 28.5 Å². The highest BCUT2D eigenvalue weighted by Crippen LogP contribution is 2.54. The Hall–Kier alpha value is -0.736. The number of hydrogen-bond acceptors (Lipinski definition) is 13. The van der Waals surface area contributed by atoms with Crippen LogP contribution in [0.4, 0.5) is 0 Å². The Morgan fingerprint density at radius 3 is 2.10 bits per heavy atom. The molecule has 0 radical (unpaired) electrons. The Kier molecular flexibility index (Phi) is 20.1. The molecule has 10 unspecified atom stereocenters. The van der Waals surface area contributed by atoms with Crippen molar-refractivity contribution in [1.29, 1.82) is 0 Å². The van der Waals surface area contributed by atoms with E-state index in [1.165, 1.54) is 0 Å². The van der Waals surface area contributed by atoms with Crippen LogP contribution in [0, 0.1) is 11.8 Å². The van der Waals surface area contributed by atoms with Crippen molar-refractivity contribution in [2.45, 2.75) is 265 Å². The molecular weight excluding hydrogens is 929 g/mol. The van der Waals surface area contributed by atoms with Crippen LogP contribution >= 0.6 is 12.9 Å². The quantitative estimate of drug-likeness (QED) is 0.0321. The molecule has 69 heavy (non-hydrogen) atoms. The molecule has 0 saturated carbocycles. The van der Waals surface area contributed by atoms with Gasteiger partial charge < -0.3 is 56.0 Å². The van der Waals surface area contributed by atoms with Crippen LogP contribution in [0.25, 0.3) is 0 Å². The van der Waals surface area contributed by atoms with Crippen molar-refractivity contribution >= 4 is 29.5 Å². The molecule has 6 bridgehead atoms. The van der Waals surface area contributed by atoms with Crippen LogP contribution in [0.3, 0.4) is 0 Å². The van der Waals surface area contributed by atoms with Crippen molar-refractivity contribution in [3.05, 3.63) is 49.6 Å². The maximum absolute atomic E-state index is 11.1. The summed E-state index contributed by atoms with van der Waals surface area (Å²) in [7, 11) is -2.09. The fourth-order valence-electron chi connectivity index (χ4n) is 13.3. The van der Waals surface area contributed by atoms with Gasteiger partial charge in [0.2, 0.25) is 0 Å². The lowest BCUT2D eigenvalue weighted by Gasteiger charge is -2.47. The van der Waals surface area contributed by atoms with Crippen LogP contribution in [0.2, 0.25) is 36.3 Å². The van der Waals surface area contributed by atoms with E-state index in [-0.39, 0.29) is 103 Å². The second-order valence-corrected chi connectivity index (χ2v) is 31.5. The first-order chi connectivity index (χ1) is 33.2. The third kappa shape index (κ3) is 12.4. The molecule has 8 aliphatic heterocycles. The minimum Gasteiger partial charge on any atom is -0.414 e. The van der Waals surface area contributed by atoms with Gasteiger partial charge in [0, 0.05) is 38.7 Å². The van der Waals surface area contributed by atoms with Crippen molar-refractivity contribution in [3.63, 3.8) is 0 Å². The highest BCUT2D eigenvalue weighted by Gasteiger charge is 2.68. The van der Waals surface area contributed by atoms with Gasteiger partial charge in [0.1, 0.15) is 30.5 Å². The number of hydrogen-bond donors (Lipinski definition) is 2. The number of aliphatic hydroxyl groups is 1. The molecule has 8 heterocycles. The number of thiol groups is 1. The Bertz CT molecular complexity index is 1680. The molecule has 0 spiro atoms. The molecule has 0 amide bonds. The monoisotopic (exact) mass is 1020 g/mol. The van der Waals surface area contributed by atoms with Crippen LogP contribution in [0.5, 0.6) is 0 Å². The van der Waals surface area contributed by atoms with Crippen molar-refractivity contribution in [3.8, 4) is 0 Å². The highest BCUT2D eigenvalue weighted by atomic mass is 32.1. The zero-order chi connectivity index (χ0) is 49.7. The smallest absolute Gasteiger partial charge is 0.192 e. The molecule has 0 aliphatic carbocycles. The minimum atomic E-state index is -2.00. The molecule has 0 aromatic rings. The molecule has 8 rings (SSSR count). The van der Waals surface area contributed by atoms with Gasteiger partial charge in [-0.25, -0.2) is 0 Å². The summed E-state index contributed by atoms with van der Waals surface area (Å²) in [4.78, 5) is 0. The van der Waals surface area contributed by atoms with Crippen LogP contribution in [-0.4, -0.2) is 139 Å². The van der Waals surface area contributed by atoms with Gasteiger partial charge in [0.05, 0.1) is 73.8 Å². The van der Waals surface area contributed by atoms with Gasteiger partial charge in [-0.05, 0) is 118 Å². The first-order valence-corrected chi connectivity index (χ1v) is 32.7. The Morgan fingerprint density at radius 1 is 0.768 bits per heavy atom. The van der Waals surface area contributed by atoms with Crippen LogP contribution in [0.15, 0.2) is 49.6 Å². The Labute approximate surface area is 424 Å². The molecule has 1 N–H and O–H groups in total. The molecular formula is C54H92O12SSi2. The molecule has 8 saturated heterocycles. The third-order valence-electron chi connectivity index (χ3n) is 18.0. The van der Waals surface area contributed by atoms with Gasteiger partial charge in [-0.3, -0.25) is 0 Å². The molecule has 19 atom stereocenters. The van der Waals surface area contributed by atoms with Gasteiger partial charge in [-0.2, -0.15) is 0 Å². The van der Waals surface area contributed by atoms with Gasteiger partial charge in [0.15, 0.2) is 22.4 Å². The zero-order valence-electron chi connectivity index (χ0n) is 43.7. The van der Waals surface area contributed by atoms with E-state index in [4.69, 9.17) is 50.9 Å². The van der Waals surface area contributed by atoms with Gasteiger partial charge in [0.25, 0.3) is 0 Å². The predicted molar refractivity (Wildman–Crippen MR) is 278 cm³/mol. The fraction of sp³-hybridized carbons (Fsp3) is 0.852. The molecule has 0 aromatic carbocycles. The molecule has 12 nitrogen and oxygen atoms in total. The highest BCUT2D eigenvalue weighted by molar-refractivity contribution is 7.75. The maximum atomic E-state index is 11.1. The van der Waals surface area contributed by atoms with Crippen molar-refractivity contribution in [2.24, 2.45) is 11.8 Å². The van der Waals surface area contributed by atoms with E-state index in [0.717, 1.165) is 79.5 Å². The summed E-state index contributed by atoms with van der Waals surface area (Å²) in [6.07, 6.45) is 9.35. The minimum absolute atomic E-state index is 0.0285. The van der Waals surface area contributed by atoms with E-state index in [0.29, 0.717) is 51.6 Å². The molecule has 394 valence electrons. The van der Waals surface area contributed by atoms with Crippen LogP contribution < -0.4 is 0 Å². The number of rotatable bonds is 29. The lowest BCUT2D eigenvalue weighted by Crippen LogP contribution is -2.62. The lowest BCUT2D eigenvalue weighted by molar-refractivity contribution is -0.271. The largest absolute Gasteiger partial charge is 0.414 e. The summed E-state index contributed by atoms with van der Waals surface area (Å²) in [5.74, 6) is -0.547.